The predicted molar refractivity (Wildman–Crippen MR) is 118 cm³/mol. The highest BCUT2D eigenvalue weighted by Crippen LogP contribution is 2.28. The Kier molecular flexibility index (Phi) is 5.10. The van der Waals surface area contributed by atoms with Crippen molar-refractivity contribution < 1.29 is 4.74 Å². The van der Waals surface area contributed by atoms with Gasteiger partial charge >= 0.3 is 0 Å². The second-order valence-corrected chi connectivity index (χ2v) is 7.90. The molecule has 2 N–H and O–H groups in total. The van der Waals surface area contributed by atoms with E-state index in [1.54, 1.807) is 13.4 Å². The minimum Gasteiger partial charge on any atom is -0.379 e. The van der Waals surface area contributed by atoms with E-state index in [0.717, 1.165) is 50.5 Å². The van der Waals surface area contributed by atoms with Crippen molar-refractivity contribution in [1.82, 2.24) is 19.9 Å². The number of anilines is 2. The third kappa shape index (κ3) is 3.64. The van der Waals surface area contributed by atoms with Gasteiger partial charge in [-0.05, 0) is 24.6 Å². The second-order valence-electron chi connectivity index (χ2n) is 7.90. The summed E-state index contributed by atoms with van der Waals surface area (Å²) in [5, 5.41) is 7.32. The highest BCUT2D eigenvalue weighted by molar-refractivity contribution is 5.91. The fourth-order valence-electron chi connectivity index (χ4n) is 4.08. The van der Waals surface area contributed by atoms with Crippen LogP contribution >= 0.6 is 0 Å². The molecule has 2 aliphatic heterocycles. The number of nitrogens with zero attached hydrogens (tertiary/aromatic N) is 4. The van der Waals surface area contributed by atoms with Gasteiger partial charge in [0.25, 0.3) is 5.56 Å². The lowest BCUT2D eigenvalue weighted by molar-refractivity contribution is 0.195. The largest absolute Gasteiger partial charge is 0.379 e. The van der Waals surface area contributed by atoms with E-state index in [-0.39, 0.29) is 11.6 Å². The van der Waals surface area contributed by atoms with Crippen molar-refractivity contribution in [2.75, 3.05) is 49.6 Å². The zero-order valence-corrected chi connectivity index (χ0v) is 17.1. The number of ether oxygens (including phenoxy) is 1. The van der Waals surface area contributed by atoms with Crippen LogP contribution in [0.1, 0.15) is 6.42 Å². The molecule has 8 nitrogen and oxygen atoms in total. The quantitative estimate of drug-likeness (QED) is 0.681. The van der Waals surface area contributed by atoms with Crippen LogP contribution in [0.3, 0.4) is 0 Å². The Morgan fingerprint density at radius 3 is 2.73 bits per heavy atom. The van der Waals surface area contributed by atoms with Crippen LogP contribution in [0.25, 0.3) is 22.2 Å². The second kappa shape index (κ2) is 8.04. The van der Waals surface area contributed by atoms with E-state index < -0.39 is 0 Å². The Labute approximate surface area is 174 Å². The number of hydrogen-bond acceptors (Lipinski definition) is 7. The van der Waals surface area contributed by atoms with Crippen molar-refractivity contribution in [2.24, 2.45) is 7.05 Å². The number of benzene rings is 1. The van der Waals surface area contributed by atoms with Crippen LogP contribution in [-0.2, 0) is 11.8 Å². The first-order valence-corrected chi connectivity index (χ1v) is 10.5. The number of piperazine rings is 1. The van der Waals surface area contributed by atoms with Gasteiger partial charge in [-0.3, -0.25) is 4.79 Å². The molecular weight excluding hydrogens is 380 g/mol. The van der Waals surface area contributed by atoms with Gasteiger partial charge in [0, 0.05) is 51.1 Å². The van der Waals surface area contributed by atoms with Crippen molar-refractivity contribution in [3.05, 3.63) is 47.0 Å². The van der Waals surface area contributed by atoms with Gasteiger partial charge in [-0.2, -0.15) is 0 Å². The summed E-state index contributed by atoms with van der Waals surface area (Å²) >= 11 is 0. The molecule has 1 atom stereocenters. The van der Waals surface area contributed by atoms with Gasteiger partial charge in [-0.25, -0.2) is 9.97 Å². The van der Waals surface area contributed by atoms with Crippen molar-refractivity contribution in [2.45, 2.75) is 12.5 Å². The molecule has 4 heterocycles. The van der Waals surface area contributed by atoms with E-state index in [1.165, 1.54) is 10.3 Å². The van der Waals surface area contributed by atoms with Gasteiger partial charge in [0.1, 0.15) is 11.2 Å². The van der Waals surface area contributed by atoms with Gasteiger partial charge in [0.05, 0.1) is 30.2 Å². The molecule has 0 aliphatic carbocycles. The summed E-state index contributed by atoms with van der Waals surface area (Å²) in [5.41, 5.74) is 3.57. The van der Waals surface area contributed by atoms with Gasteiger partial charge in [0.2, 0.25) is 0 Å². The molecule has 8 heteroatoms. The third-order valence-corrected chi connectivity index (χ3v) is 5.82. The Morgan fingerprint density at radius 1 is 1.20 bits per heavy atom. The van der Waals surface area contributed by atoms with Gasteiger partial charge in [-0.1, -0.05) is 12.1 Å². The van der Waals surface area contributed by atoms with Crippen molar-refractivity contribution in [3.8, 4) is 11.3 Å². The van der Waals surface area contributed by atoms with Crippen molar-refractivity contribution in [1.29, 1.82) is 0 Å². The summed E-state index contributed by atoms with van der Waals surface area (Å²) in [6.45, 7) is 5.38. The van der Waals surface area contributed by atoms with Crippen LogP contribution in [-0.4, -0.2) is 60.0 Å². The van der Waals surface area contributed by atoms with E-state index in [9.17, 15) is 4.79 Å². The topological polar surface area (TPSA) is 84.3 Å². The summed E-state index contributed by atoms with van der Waals surface area (Å²) in [6, 6.07) is 10.5. The molecule has 2 fully saturated rings. The standard InChI is InChI=1S/C22H26N6O2/c1-27-14-24-19-12-18(15-2-4-17(5-3-15)28-9-7-23-8-10-28)26-21(20(19)22(27)29)25-16-6-11-30-13-16/h2-5,12,14,16,23H,6-11,13H2,1H3,(H,25,26). The Morgan fingerprint density at radius 2 is 2.00 bits per heavy atom. The Bertz CT molecular complexity index is 1100. The van der Waals surface area contributed by atoms with E-state index in [1.807, 2.05) is 6.07 Å². The van der Waals surface area contributed by atoms with Crippen molar-refractivity contribution >= 4 is 22.4 Å². The Hall–Kier alpha value is -2.97. The number of nitrogens with one attached hydrogen (secondary N) is 2. The molecule has 0 saturated carbocycles. The van der Waals surface area contributed by atoms with Crippen LogP contribution in [0.4, 0.5) is 11.5 Å². The van der Waals surface area contributed by atoms with Gasteiger partial charge in [-0.15, -0.1) is 0 Å². The van der Waals surface area contributed by atoms with Crippen LogP contribution < -0.4 is 21.1 Å². The summed E-state index contributed by atoms with van der Waals surface area (Å²) in [4.78, 5) is 24.5. The zero-order chi connectivity index (χ0) is 20.5. The van der Waals surface area contributed by atoms with E-state index in [0.29, 0.717) is 23.3 Å². The number of hydrogen-bond donors (Lipinski definition) is 2. The molecular formula is C22H26N6O2. The molecule has 156 valence electrons. The minimum atomic E-state index is -0.102. The molecule has 0 radical (unpaired) electrons. The lowest BCUT2D eigenvalue weighted by Gasteiger charge is -2.29. The van der Waals surface area contributed by atoms with Gasteiger partial charge < -0.3 is 24.8 Å². The maximum atomic E-state index is 12.8. The van der Waals surface area contributed by atoms with E-state index in [4.69, 9.17) is 9.72 Å². The van der Waals surface area contributed by atoms with Crippen LogP contribution in [0, 0.1) is 0 Å². The normalized spacial score (nSPS) is 19.4. The molecule has 5 rings (SSSR count). The fraction of sp³-hybridized carbons (Fsp3) is 0.409. The molecule has 2 aromatic heterocycles. The fourth-order valence-corrected chi connectivity index (χ4v) is 4.08. The number of fused-ring (bicyclic) bond motifs is 1. The smallest absolute Gasteiger partial charge is 0.264 e. The molecule has 0 bridgehead atoms. The average Bonchev–Trinajstić information content (AvgIpc) is 3.30. The highest BCUT2D eigenvalue weighted by Gasteiger charge is 2.20. The summed E-state index contributed by atoms with van der Waals surface area (Å²) < 4.78 is 6.97. The first-order valence-electron chi connectivity index (χ1n) is 10.5. The average molecular weight is 406 g/mol. The van der Waals surface area contributed by atoms with E-state index >= 15 is 0 Å². The van der Waals surface area contributed by atoms with Gasteiger partial charge in [0.15, 0.2) is 0 Å². The molecule has 0 spiro atoms. The number of rotatable bonds is 4. The third-order valence-electron chi connectivity index (χ3n) is 5.82. The monoisotopic (exact) mass is 406 g/mol. The maximum Gasteiger partial charge on any atom is 0.264 e. The maximum absolute atomic E-state index is 12.8. The Balaban J connectivity index is 1.54. The summed E-state index contributed by atoms with van der Waals surface area (Å²) in [5.74, 6) is 0.581. The SMILES string of the molecule is Cn1cnc2cc(-c3ccc(N4CCNCC4)cc3)nc(NC3CCOC3)c2c1=O. The van der Waals surface area contributed by atoms with Crippen LogP contribution in [0.5, 0.6) is 0 Å². The lowest BCUT2D eigenvalue weighted by Crippen LogP contribution is -2.43. The summed E-state index contributed by atoms with van der Waals surface area (Å²) in [7, 11) is 1.71. The van der Waals surface area contributed by atoms with E-state index in [2.05, 4.69) is 44.8 Å². The number of aryl methyl sites for hydroxylation is 1. The molecule has 0 amide bonds. The summed E-state index contributed by atoms with van der Waals surface area (Å²) in [6.07, 6.45) is 2.46. The van der Waals surface area contributed by atoms with Crippen LogP contribution in [0.15, 0.2) is 41.5 Å². The molecule has 2 aliphatic rings. The predicted octanol–water partition coefficient (Wildman–Crippen LogP) is 1.61. The molecule has 2 saturated heterocycles. The number of pyridine rings is 1. The first kappa shape index (κ1) is 19.0. The first-order chi connectivity index (χ1) is 14.7. The lowest BCUT2D eigenvalue weighted by atomic mass is 10.1. The van der Waals surface area contributed by atoms with Crippen molar-refractivity contribution in [3.63, 3.8) is 0 Å². The molecule has 1 unspecified atom stereocenters. The zero-order valence-electron chi connectivity index (χ0n) is 17.1. The molecule has 30 heavy (non-hydrogen) atoms. The number of aromatic nitrogens is 3. The molecule has 3 aromatic rings. The highest BCUT2D eigenvalue weighted by atomic mass is 16.5. The molecule has 1 aromatic carbocycles. The minimum absolute atomic E-state index is 0.102. The van der Waals surface area contributed by atoms with Crippen LogP contribution in [0.2, 0.25) is 0 Å².